The van der Waals surface area contributed by atoms with Crippen LogP contribution in [0.2, 0.25) is 0 Å². The van der Waals surface area contributed by atoms with Crippen molar-refractivity contribution in [2.24, 2.45) is 5.92 Å². The van der Waals surface area contributed by atoms with Crippen molar-refractivity contribution in [2.45, 2.75) is 57.9 Å². The molecule has 2 saturated heterocycles. The highest BCUT2D eigenvalue weighted by atomic mass is 16.2. The largest absolute Gasteiger partial charge is 0.336 e. The molecule has 2 aliphatic heterocycles. The molecular formula is C20H26N2O3. The van der Waals surface area contributed by atoms with Gasteiger partial charge >= 0.3 is 0 Å². The Morgan fingerprint density at radius 2 is 1.92 bits per heavy atom. The second kappa shape index (κ2) is 7.81. The lowest BCUT2D eigenvalue weighted by Crippen LogP contribution is -2.39. The predicted octanol–water partition coefficient (Wildman–Crippen LogP) is 2.69. The van der Waals surface area contributed by atoms with Crippen LogP contribution >= 0.6 is 0 Å². The van der Waals surface area contributed by atoms with Crippen molar-refractivity contribution in [3.05, 3.63) is 35.4 Å². The Bertz CT molecular complexity index is 653. The number of nitrogens with zero attached hydrogens (tertiary/aromatic N) is 1. The lowest BCUT2D eigenvalue weighted by Gasteiger charge is -2.29. The van der Waals surface area contributed by atoms with Gasteiger partial charge in [-0.2, -0.15) is 0 Å². The van der Waals surface area contributed by atoms with E-state index in [-0.39, 0.29) is 30.1 Å². The zero-order valence-electron chi connectivity index (χ0n) is 14.8. The molecular weight excluding hydrogens is 316 g/mol. The third kappa shape index (κ3) is 4.09. The molecule has 0 unspecified atom stereocenters. The van der Waals surface area contributed by atoms with Gasteiger partial charge < -0.3 is 4.90 Å². The molecule has 5 nitrogen and oxygen atoms in total. The quantitative estimate of drug-likeness (QED) is 0.856. The fourth-order valence-corrected chi connectivity index (χ4v) is 3.87. The molecule has 1 aromatic carbocycles. The first-order valence-corrected chi connectivity index (χ1v) is 9.32. The van der Waals surface area contributed by atoms with E-state index in [0.717, 1.165) is 31.4 Å². The summed E-state index contributed by atoms with van der Waals surface area (Å²) in [6, 6.07) is 7.85. The molecule has 0 aliphatic carbocycles. The predicted molar refractivity (Wildman–Crippen MR) is 95.0 cm³/mol. The number of benzene rings is 1. The summed E-state index contributed by atoms with van der Waals surface area (Å²) in [6.45, 7) is 2.98. The zero-order chi connectivity index (χ0) is 17.8. The number of amides is 3. The van der Waals surface area contributed by atoms with Crippen LogP contribution in [0.4, 0.5) is 0 Å². The van der Waals surface area contributed by atoms with Crippen LogP contribution < -0.4 is 5.32 Å². The van der Waals surface area contributed by atoms with Gasteiger partial charge in [0.25, 0.3) is 5.91 Å². The molecule has 5 heteroatoms. The van der Waals surface area contributed by atoms with E-state index in [9.17, 15) is 14.4 Å². The molecule has 25 heavy (non-hydrogen) atoms. The molecule has 2 aliphatic rings. The molecule has 2 heterocycles. The van der Waals surface area contributed by atoms with Crippen LogP contribution in [0.15, 0.2) is 24.3 Å². The van der Waals surface area contributed by atoms with Crippen molar-refractivity contribution < 1.29 is 14.4 Å². The second-order valence-electron chi connectivity index (χ2n) is 7.12. The number of imide groups is 1. The maximum absolute atomic E-state index is 12.9. The fraction of sp³-hybridized carbons (Fsp3) is 0.550. The van der Waals surface area contributed by atoms with Gasteiger partial charge in [0, 0.05) is 24.6 Å². The first kappa shape index (κ1) is 17.6. The Kier molecular flexibility index (Phi) is 5.51. The Hall–Kier alpha value is -2.17. The van der Waals surface area contributed by atoms with E-state index in [1.165, 1.54) is 12.8 Å². The van der Waals surface area contributed by atoms with Gasteiger partial charge in [-0.05, 0) is 43.4 Å². The van der Waals surface area contributed by atoms with Crippen molar-refractivity contribution in [1.29, 1.82) is 0 Å². The number of carbonyl (C=O) groups is 3. The van der Waals surface area contributed by atoms with Crippen molar-refractivity contribution in [3.63, 3.8) is 0 Å². The van der Waals surface area contributed by atoms with Gasteiger partial charge in [0.2, 0.25) is 11.8 Å². The summed E-state index contributed by atoms with van der Waals surface area (Å²) in [5.41, 5.74) is 1.69. The number of hydrogen-bond donors (Lipinski definition) is 1. The minimum absolute atomic E-state index is 0.106. The number of carbonyl (C=O) groups excluding carboxylic acids is 3. The molecule has 0 spiro atoms. The van der Waals surface area contributed by atoms with Gasteiger partial charge in [0.05, 0.1) is 5.92 Å². The Balaban J connectivity index is 1.67. The second-order valence-corrected chi connectivity index (χ2v) is 7.12. The van der Waals surface area contributed by atoms with Crippen LogP contribution in [0.3, 0.4) is 0 Å². The molecule has 1 N–H and O–H groups in total. The monoisotopic (exact) mass is 342 g/mol. The molecule has 3 amide bonds. The number of nitrogens with one attached hydrogen (secondary N) is 1. The van der Waals surface area contributed by atoms with E-state index in [0.29, 0.717) is 18.0 Å². The lowest BCUT2D eigenvalue weighted by molar-refractivity contribution is -0.125. The van der Waals surface area contributed by atoms with Crippen LogP contribution in [-0.2, 0) is 16.0 Å². The highest BCUT2D eigenvalue weighted by molar-refractivity contribution is 6.03. The smallest absolute Gasteiger partial charge is 0.254 e. The van der Waals surface area contributed by atoms with Crippen LogP contribution in [0.5, 0.6) is 0 Å². The van der Waals surface area contributed by atoms with E-state index < -0.39 is 0 Å². The normalized spacial score (nSPS) is 24.1. The lowest BCUT2D eigenvalue weighted by atomic mass is 9.97. The summed E-state index contributed by atoms with van der Waals surface area (Å²) in [4.78, 5) is 37.9. The molecule has 134 valence electrons. The van der Waals surface area contributed by atoms with Crippen molar-refractivity contribution >= 4 is 17.7 Å². The zero-order valence-corrected chi connectivity index (χ0v) is 14.8. The summed E-state index contributed by atoms with van der Waals surface area (Å²) in [5, 5.41) is 2.34. The average molecular weight is 342 g/mol. The van der Waals surface area contributed by atoms with Gasteiger partial charge in [-0.1, -0.05) is 31.9 Å². The third-order valence-corrected chi connectivity index (χ3v) is 5.36. The molecule has 0 bridgehead atoms. The van der Waals surface area contributed by atoms with E-state index in [4.69, 9.17) is 0 Å². The van der Waals surface area contributed by atoms with Crippen LogP contribution in [-0.4, -0.2) is 35.2 Å². The first-order valence-electron chi connectivity index (χ1n) is 9.32. The van der Waals surface area contributed by atoms with Crippen molar-refractivity contribution in [1.82, 2.24) is 10.2 Å². The first-order chi connectivity index (χ1) is 12.1. The third-order valence-electron chi connectivity index (χ3n) is 5.36. The Labute approximate surface area is 148 Å². The van der Waals surface area contributed by atoms with Crippen LogP contribution in [0.25, 0.3) is 0 Å². The average Bonchev–Trinajstić information content (AvgIpc) is 2.80. The van der Waals surface area contributed by atoms with Crippen molar-refractivity contribution in [3.8, 4) is 0 Å². The minimum atomic E-state index is -0.288. The molecule has 2 fully saturated rings. The highest BCUT2D eigenvalue weighted by Gasteiger charge is 2.30. The number of likely N-dealkylation sites (tertiary alicyclic amines) is 1. The SMILES string of the molecule is CC[C@H]1CCCCCN1C(=O)c1ccc(C[C@@H]2CC(=O)NC2=O)cc1. The maximum atomic E-state index is 12.9. The van der Waals surface area contributed by atoms with Crippen molar-refractivity contribution in [2.75, 3.05) is 6.54 Å². The molecule has 0 saturated carbocycles. The molecule has 2 atom stereocenters. The van der Waals surface area contributed by atoms with Gasteiger partial charge in [0.1, 0.15) is 0 Å². The summed E-state index contributed by atoms with van der Waals surface area (Å²) < 4.78 is 0. The standard InChI is InChI=1S/C20H26N2O3/c1-2-17-6-4-3-5-11-22(17)20(25)15-9-7-14(8-10-15)12-16-13-18(23)21-19(16)24/h7-10,16-17H,2-6,11-13H2,1H3,(H,21,23,24)/t16-,17+/m1/s1. The Morgan fingerprint density at radius 3 is 2.56 bits per heavy atom. The summed E-state index contributed by atoms with van der Waals surface area (Å²) in [7, 11) is 0. The number of rotatable bonds is 4. The van der Waals surface area contributed by atoms with E-state index in [2.05, 4.69) is 12.2 Å². The van der Waals surface area contributed by atoms with Gasteiger partial charge in [-0.15, -0.1) is 0 Å². The van der Waals surface area contributed by atoms with Gasteiger partial charge in [0.15, 0.2) is 0 Å². The number of hydrogen-bond acceptors (Lipinski definition) is 3. The van der Waals surface area contributed by atoms with Crippen LogP contribution in [0, 0.1) is 5.92 Å². The minimum Gasteiger partial charge on any atom is -0.336 e. The molecule has 0 aromatic heterocycles. The summed E-state index contributed by atoms with van der Waals surface area (Å²) in [5.74, 6) is -0.577. The van der Waals surface area contributed by atoms with Crippen LogP contribution in [0.1, 0.15) is 61.4 Å². The van der Waals surface area contributed by atoms with E-state index >= 15 is 0 Å². The summed E-state index contributed by atoms with van der Waals surface area (Å²) in [6.07, 6.45) is 6.34. The topological polar surface area (TPSA) is 66.5 Å². The maximum Gasteiger partial charge on any atom is 0.254 e. The molecule has 1 aromatic rings. The van der Waals surface area contributed by atoms with Gasteiger partial charge in [-0.3, -0.25) is 19.7 Å². The fourth-order valence-electron chi connectivity index (χ4n) is 3.87. The van der Waals surface area contributed by atoms with E-state index in [1.807, 2.05) is 29.2 Å². The molecule has 3 rings (SSSR count). The molecule has 0 radical (unpaired) electrons. The van der Waals surface area contributed by atoms with Gasteiger partial charge in [-0.25, -0.2) is 0 Å². The van der Waals surface area contributed by atoms with E-state index in [1.54, 1.807) is 0 Å². The highest BCUT2D eigenvalue weighted by Crippen LogP contribution is 2.22. The Morgan fingerprint density at radius 1 is 1.16 bits per heavy atom. The summed E-state index contributed by atoms with van der Waals surface area (Å²) >= 11 is 0.